The van der Waals surface area contributed by atoms with E-state index in [-0.39, 0.29) is 17.3 Å². The third-order valence-electron chi connectivity index (χ3n) is 5.65. The maximum Gasteiger partial charge on any atom is 0.259 e. The minimum absolute atomic E-state index is 0.184. The summed E-state index contributed by atoms with van der Waals surface area (Å²) in [5, 5.41) is 3.06. The minimum atomic E-state index is -3.53. The van der Waals surface area contributed by atoms with Crippen LogP contribution in [-0.4, -0.2) is 54.1 Å². The molecule has 8 nitrogen and oxygen atoms in total. The lowest BCUT2D eigenvalue weighted by Gasteiger charge is -2.16. The molecular formula is C22H20N4O4S2. The number of hydrogen-bond donors (Lipinski definition) is 1. The lowest BCUT2D eigenvalue weighted by atomic mass is 10.1. The standard InChI is InChI=1S/C22H20N4O4S2/c1-14-16-6-2-3-7-17(16)21(28)26(14)13-20(27)24-22-23-18-9-8-15(12-19(18)31-22)32(29,30)25-10-4-5-11-25/h2-3,6-9,12H,1,4-5,10-11,13H2,(H,23,24,27). The molecule has 2 aliphatic heterocycles. The Balaban J connectivity index is 1.32. The molecule has 2 aliphatic rings. The average Bonchev–Trinajstić information content (AvgIpc) is 3.50. The molecule has 1 N–H and O–H groups in total. The van der Waals surface area contributed by atoms with Gasteiger partial charge in [-0.05, 0) is 37.1 Å². The van der Waals surface area contributed by atoms with Gasteiger partial charge in [-0.15, -0.1) is 0 Å². The van der Waals surface area contributed by atoms with Crippen molar-refractivity contribution in [3.8, 4) is 0 Å². The normalized spacial score (nSPS) is 16.7. The summed E-state index contributed by atoms with van der Waals surface area (Å²) in [5.41, 5.74) is 2.33. The van der Waals surface area contributed by atoms with E-state index in [0.717, 1.165) is 18.4 Å². The number of thiazole rings is 1. The Hall–Kier alpha value is -3.08. The number of carbonyl (C=O) groups excluding carboxylic acids is 2. The highest BCUT2D eigenvalue weighted by atomic mass is 32.2. The number of hydrogen-bond acceptors (Lipinski definition) is 6. The smallest absolute Gasteiger partial charge is 0.259 e. The van der Waals surface area contributed by atoms with Gasteiger partial charge < -0.3 is 5.32 Å². The Morgan fingerprint density at radius 1 is 1.12 bits per heavy atom. The first-order chi connectivity index (χ1) is 15.3. The van der Waals surface area contributed by atoms with Gasteiger partial charge in [0.05, 0.1) is 15.1 Å². The van der Waals surface area contributed by atoms with Gasteiger partial charge in [-0.1, -0.05) is 36.1 Å². The van der Waals surface area contributed by atoms with Crippen molar-refractivity contribution in [1.82, 2.24) is 14.2 Å². The van der Waals surface area contributed by atoms with Crippen LogP contribution in [0.25, 0.3) is 15.9 Å². The summed E-state index contributed by atoms with van der Waals surface area (Å²) >= 11 is 1.19. The summed E-state index contributed by atoms with van der Waals surface area (Å²) < 4.78 is 27.8. The Labute approximate surface area is 189 Å². The van der Waals surface area contributed by atoms with E-state index in [0.29, 0.717) is 39.7 Å². The molecule has 1 aromatic heterocycles. The molecule has 0 atom stereocenters. The minimum Gasteiger partial charge on any atom is -0.300 e. The summed E-state index contributed by atoms with van der Waals surface area (Å²) in [6.07, 6.45) is 1.74. The van der Waals surface area contributed by atoms with Crippen LogP contribution in [-0.2, 0) is 14.8 Å². The van der Waals surface area contributed by atoms with Crippen molar-refractivity contribution < 1.29 is 18.0 Å². The van der Waals surface area contributed by atoms with Crippen molar-refractivity contribution in [2.45, 2.75) is 17.7 Å². The van der Waals surface area contributed by atoms with Crippen molar-refractivity contribution in [1.29, 1.82) is 0 Å². The Morgan fingerprint density at radius 3 is 2.56 bits per heavy atom. The fraction of sp³-hybridized carbons (Fsp3) is 0.227. The number of anilines is 1. The second kappa shape index (κ2) is 7.80. The first kappa shape index (κ1) is 20.8. The molecule has 0 unspecified atom stereocenters. The maximum absolute atomic E-state index is 12.8. The van der Waals surface area contributed by atoms with Crippen molar-refractivity contribution in [2.75, 3.05) is 25.0 Å². The molecule has 10 heteroatoms. The van der Waals surface area contributed by atoms with E-state index in [9.17, 15) is 18.0 Å². The number of sulfonamides is 1. The van der Waals surface area contributed by atoms with E-state index in [1.165, 1.54) is 20.5 Å². The zero-order chi connectivity index (χ0) is 22.5. The molecule has 164 valence electrons. The first-order valence-electron chi connectivity index (χ1n) is 10.2. The molecule has 0 spiro atoms. The van der Waals surface area contributed by atoms with Crippen LogP contribution in [0.1, 0.15) is 28.8 Å². The van der Waals surface area contributed by atoms with Crippen molar-refractivity contribution in [3.05, 3.63) is 60.2 Å². The third-order valence-corrected chi connectivity index (χ3v) is 8.48. The number of nitrogens with one attached hydrogen (secondary N) is 1. The van der Waals surface area contributed by atoms with E-state index in [2.05, 4.69) is 16.9 Å². The summed E-state index contributed by atoms with van der Waals surface area (Å²) in [4.78, 5) is 31.1. The van der Waals surface area contributed by atoms with Gasteiger partial charge in [0.25, 0.3) is 5.91 Å². The molecule has 0 aliphatic carbocycles. The van der Waals surface area contributed by atoms with Crippen molar-refractivity contribution >= 4 is 54.2 Å². The zero-order valence-corrected chi connectivity index (χ0v) is 18.7. The van der Waals surface area contributed by atoms with E-state index < -0.39 is 15.9 Å². The van der Waals surface area contributed by atoms with Gasteiger partial charge in [-0.2, -0.15) is 4.31 Å². The zero-order valence-electron chi connectivity index (χ0n) is 17.1. The van der Waals surface area contributed by atoms with Crippen LogP contribution in [0.2, 0.25) is 0 Å². The largest absolute Gasteiger partial charge is 0.300 e. The van der Waals surface area contributed by atoms with Crippen molar-refractivity contribution in [2.24, 2.45) is 0 Å². The molecule has 0 radical (unpaired) electrons. The molecule has 3 heterocycles. The fourth-order valence-electron chi connectivity index (χ4n) is 4.00. The van der Waals surface area contributed by atoms with Gasteiger partial charge >= 0.3 is 0 Å². The summed E-state index contributed by atoms with van der Waals surface area (Å²) in [5.74, 6) is -0.668. The maximum atomic E-state index is 12.8. The van der Waals surface area contributed by atoms with Gasteiger partial charge in [0.15, 0.2) is 5.13 Å². The molecule has 1 saturated heterocycles. The first-order valence-corrected chi connectivity index (χ1v) is 12.4. The molecule has 0 bridgehead atoms. The summed E-state index contributed by atoms with van der Waals surface area (Å²) in [6, 6.07) is 11.9. The van der Waals surface area contributed by atoms with Gasteiger partial charge in [-0.3, -0.25) is 14.5 Å². The Morgan fingerprint density at radius 2 is 1.84 bits per heavy atom. The predicted molar refractivity (Wildman–Crippen MR) is 123 cm³/mol. The lowest BCUT2D eigenvalue weighted by molar-refractivity contribution is -0.116. The highest BCUT2D eigenvalue weighted by Crippen LogP contribution is 2.32. The van der Waals surface area contributed by atoms with Gasteiger partial charge in [0.2, 0.25) is 15.9 Å². The second-order valence-corrected chi connectivity index (χ2v) is 10.7. The number of fused-ring (bicyclic) bond motifs is 2. The summed E-state index contributed by atoms with van der Waals surface area (Å²) in [7, 11) is -3.53. The Kier molecular flexibility index (Phi) is 5.07. The highest BCUT2D eigenvalue weighted by Gasteiger charge is 2.32. The number of carbonyl (C=O) groups is 2. The number of nitrogens with zero attached hydrogens (tertiary/aromatic N) is 3. The second-order valence-electron chi connectivity index (χ2n) is 7.69. The molecule has 32 heavy (non-hydrogen) atoms. The molecular weight excluding hydrogens is 448 g/mol. The predicted octanol–water partition coefficient (Wildman–Crippen LogP) is 3.15. The molecule has 0 saturated carbocycles. The van der Waals surface area contributed by atoms with Crippen LogP contribution in [0.15, 0.2) is 53.9 Å². The average molecular weight is 469 g/mol. The van der Waals surface area contributed by atoms with Gasteiger partial charge in [0.1, 0.15) is 6.54 Å². The van der Waals surface area contributed by atoms with E-state index >= 15 is 0 Å². The molecule has 3 aromatic rings. The molecule has 1 fully saturated rings. The van der Waals surface area contributed by atoms with E-state index in [1.807, 2.05) is 6.07 Å². The van der Waals surface area contributed by atoms with Gasteiger partial charge in [0, 0.05) is 29.9 Å². The van der Waals surface area contributed by atoms with Crippen LogP contribution in [0, 0.1) is 0 Å². The van der Waals surface area contributed by atoms with Crippen LogP contribution >= 0.6 is 11.3 Å². The van der Waals surface area contributed by atoms with E-state index in [4.69, 9.17) is 0 Å². The van der Waals surface area contributed by atoms with Crippen molar-refractivity contribution in [3.63, 3.8) is 0 Å². The van der Waals surface area contributed by atoms with Crippen LogP contribution in [0.5, 0.6) is 0 Å². The number of aromatic nitrogens is 1. The van der Waals surface area contributed by atoms with Crippen LogP contribution in [0.4, 0.5) is 5.13 Å². The number of amides is 2. The fourth-order valence-corrected chi connectivity index (χ4v) is 6.54. The monoisotopic (exact) mass is 468 g/mol. The quantitative estimate of drug-likeness (QED) is 0.620. The van der Waals surface area contributed by atoms with Crippen LogP contribution in [0.3, 0.4) is 0 Å². The molecule has 2 aromatic carbocycles. The Bertz CT molecular complexity index is 1340. The SMILES string of the molecule is C=C1c2ccccc2C(=O)N1CC(=O)Nc1nc2ccc(S(=O)(=O)N3CCCC3)cc2s1. The third kappa shape index (κ3) is 3.50. The topological polar surface area (TPSA) is 99.7 Å². The van der Waals surface area contributed by atoms with E-state index in [1.54, 1.807) is 36.4 Å². The number of rotatable bonds is 5. The van der Waals surface area contributed by atoms with Gasteiger partial charge in [-0.25, -0.2) is 13.4 Å². The molecule has 5 rings (SSSR count). The van der Waals surface area contributed by atoms with Crippen LogP contribution < -0.4 is 5.32 Å². The molecule has 2 amide bonds. The number of benzene rings is 2. The summed E-state index contributed by atoms with van der Waals surface area (Å²) in [6.45, 7) is 4.83. The highest BCUT2D eigenvalue weighted by molar-refractivity contribution is 7.89. The lowest BCUT2D eigenvalue weighted by Crippen LogP contribution is -2.32.